The molecule has 1 aromatic carbocycles. The fraction of sp³-hybridized carbons (Fsp3) is 0.542. The summed E-state index contributed by atoms with van der Waals surface area (Å²) in [5, 5.41) is 0. The highest BCUT2D eigenvalue weighted by Gasteiger charge is 2.47. The van der Waals surface area contributed by atoms with E-state index in [9.17, 15) is 4.79 Å². The Balaban J connectivity index is 1.52. The number of ketones is 1. The number of benzene rings is 1. The molecule has 28 heavy (non-hydrogen) atoms. The molecule has 4 nitrogen and oxygen atoms in total. The summed E-state index contributed by atoms with van der Waals surface area (Å²) in [6.07, 6.45) is 8.68. The van der Waals surface area contributed by atoms with E-state index in [0.717, 1.165) is 66.8 Å². The van der Waals surface area contributed by atoms with Crippen molar-refractivity contribution in [3.8, 4) is 0 Å². The standard InChI is InChI=1S/C24H28N2O2/c1-23(2)14-16-12-17(13-21-25-18-8-4-5-9-20(18)28-21)26-24(10-6-3-7-11-24)22(16)19(27)15-23/h4-5,8-9H,3,6-7,10-15H2,1-2H3. The zero-order valence-corrected chi connectivity index (χ0v) is 16.9. The highest BCUT2D eigenvalue weighted by molar-refractivity contribution is 6.03. The number of carbonyl (C=O) groups excluding carboxylic acids is 1. The summed E-state index contributed by atoms with van der Waals surface area (Å²) in [5.74, 6) is 1.08. The van der Waals surface area contributed by atoms with Gasteiger partial charge < -0.3 is 4.42 Å². The summed E-state index contributed by atoms with van der Waals surface area (Å²) in [6, 6.07) is 7.90. The van der Waals surface area contributed by atoms with Gasteiger partial charge in [0.25, 0.3) is 0 Å². The molecule has 0 amide bonds. The summed E-state index contributed by atoms with van der Waals surface area (Å²) < 4.78 is 5.97. The van der Waals surface area contributed by atoms with E-state index in [-0.39, 0.29) is 11.0 Å². The number of allylic oxidation sites excluding steroid dienone is 1. The molecule has 0 bridgehead atoms. The van der Waals surface area contributed by atoms with Crippen LogP contribution in [-0.4, -0.2) is 22.0 Å². The molecule has 0 radical (unpaired) electrons. The van der Waals surface area contributed by atoms with Crippen LogP contribution in [0.15, 0.2) is 44.8 Å². The number of nitrogens with zero attached hydrogens (tertiary/aromatic N) is 2. The average molecular weight is 377 g/mol. The van der Waals surface area contributed by atoms with Crippen molar-refractivity contribution in [2.24, 2.45) is 10.4 Å². The second-order valence-electron chi connectivity index (χ2n) is 9.62. The second-order valence-corrected chi connectivity index (χ2v) is 9.62. The van der Waals surface area contributed by atoms with Gasteiger partial charge in [-0.15, -0.1) is 0 Å². The molecule has 1 fully saturated rings. The molecule has 1 aliphatic heterocycles. The van der Waals surface area contributed by atoms with E-state index >= 15 is 0 Å². The molecule has 2 aromatic rings. The monoisotopic (exact) mass is 376 g/mol. The van der Waals surface area contributed by atoms with E-state index in [1.54, 1.807) is 0 Å². The Hall–Kier alpha value is -2.23. The van der Waals surface area contributed by atoms with Gasteiger partial charge in [0.15, 0.2) is 11.4 Å². The molecule has 2 aliphatic carbocycles. The third-order valence-corrected chi connectivity index (χ3v) is 6.59. The van der Waals surface area contributed by atoms with Gasteiger partial charge in [0.1, 0.15) is 5.52 Å². The fourth-order valence-corrected chi connectivity index (χ4v) is 5.60. The third-order valence-electron chi connectivity index (χ3n) is 6.59. The lowest BCUT2D eigenvalue weighted by Crippen LogP contribution is -2.44. The van der Waals surface area contributed by atoms with Gasteiger partial charge in [0.05, 0.1) is 12.0 Å². The number of aromatic nitrogens is 1. The van der Waals surface area contributed by atoms with Crippen molar-refractivity contribution < 1.29 is 9.21 Å². The molecule has 1 aromatic heterocycles. The Kier molecular flexibility index (Phi) is 4.08. The lowest BCUT2D eigenvalue weighted by atomic mass is 9.63. The van der Waals surface area contributed by atoms with Crippen molar-refractivity contribution in [1.29, 1.82) is 0 Å². The zero-order valence-electron chi connectivity index (χ0n) is 16.9. The zero-order chi connectivity index (χ0) is 19.4. The van der Waals surface area contributed by atoms with E-state index < -0.39 is 0 Å². The van der Waals surface area contributed by atoms with Crippen molar-refractivity contribution in [2.75, 3.05) is 0 Å². The predicted molar refractivity (Wildman–Crippen MR) is 111 cm³/mol. The molecule has 3 aliphatic rings. The maximum absolute atomic E-state index is 13.1. The molecule has 146 valence electrons. The van der Waals surface area contributed by atoms with Crippen molar-refractivity contribution in [1.82, 2.24) is 4.98 Å². The Morgan fingerprint density at radius 3 is 2.64 bits per heavy atom. The number of hydrogen-bond acceptors (Lipinski definition) is 4. The fourth-order valence-electron chi connectivity index (χ4n) is 5.60. The first-order chi connectivity index (χ1) is 13.4. The van der Waals surface area contributed by atoms with E-state index in [1.807, 2.05) is 24.3 Å². The van der Waals surface area contributed by atoms with Gasteiger partial charge in [-0.3, -0.25) is 9.79 Å². The summed E-state index contributed by atoms with van der Waals surface area (Å²) in [5.41, 5.74) is 5.05. The average Bonchev–Trinajstić information content (AvgIpc) is 3.02. The molecule has 0 N–H and O–H groups in total. The Morgan fingerprint density at radius 1 is 1.07 bits per heavy atom. The first-order valence-electron chi connectivity index (χ1n) is 10.6. The molecule has 4 heteroatoms. The molecular formula is C24H28N2O2. The summed E-state index contributed by atoms with van der Waals surface area (Å²) in [7, 11) is 0. The van der Waals surface area contributed by atoms with E-state index in [0.29, 0.717) is 18.6 Å². The summed E-state index contributed by atoms with van der Waals surface area (Å²) in [6.45, 7) is 4.43. The normalized spacial score (nSPS) is 23.8. The molecule has 1 spiro atoms. The molecule has 2 heterocycles. The molecule has 0 atom stereocenters. The van der Waals surface area contributed by atoms with E-state index in [2.05, 4.69) is 18.8 Å². The summed E-state index contributed by atoms with van der Waals surface area (Å²) >= 11 is 0. The number of fused-ring (bicyclic) bond motifs is 2. The van der Waals surface area contributed by atoms with Crippen LogP contribution >= 0.6 is 0 Å². The Bertz CT molecular complexity index is 970. The lowest BCUT2D eigenvalue weighted by Gasteiger charge is -2.45. The van der Waals surface area contributed by atoms with Crippen LogP contribution in [0, 0.1) is 5.41 Å². The van der Waals surface area contributed by atoms with Crippen molar-refractivity contribution in [3.63, 3.8) is 0 Å². The topological polar surface area (TPSA) is 55.5 Å². The van der Waals surface area contributed by atoms with Crippen LogP contribution in [0.3, 0.4) is 0 Å². The Labute approximate surface area is 166 Å². The van der Waals surface area contributed by atoms with Crippen molar-refractivity contribution >= 4 is 22.6 Å². The lowest BCUT2D eigenvalue weighted by molar-refractivity contribution is -0.119. The number of dihydropyridines is 1. The molecular weight excluding hydrogens is 348 g/mol. The minimum absolute atomic E-state index is 0.0475. The van der Waals surface area contributed by atoms with Crippen LogP contribution in [0.2, 0.25) is 0 Å². The number of aliphatic imine (C=N–C) groups is 1. The number of para-hydroxylation sites is 2. The largest absolute Gasteiger partial charge is 0.440 e. The number of carbonyl (C=O) groups is 1. The van der Waals surface area contributed by atoms with Crippen LogP contribution in [0.1, 0.15) is 71.1 Å². The molecule has 0 saturated heterocycles. The van der Waals surface area contributed by atoms with Gasteiger partial charge in [-0.05, 0) is 36.8 Å². The first-order valence-corrected chi connectivity index (χ1v) is 10.6. The number of Topliss-reactive ketones (excluding diaryl/α,β-unsaturated/α-hetero) is 1. The summed E-state index contributed by atoms with van der Waals surface area (Å²) in [4.78, 5) is 23.1. The van der Waals surface area contributed by atoms with Gasteiger partial charge in [-0.25, -0.2) is 4.98 Å². The molecule has 0 unspecified atom stereocenters. The number of oxazole rings is 1. The van der Waals surface area contributed by atoms with Gasteiger partial charge in [0, 0.05) is 24.1 Å². The molecule has 1 saturated carbocycles. The van der Waals surface area contributed by atoms with Crippen molar-refractivity contribution in [2.45, 2.75) is 77.2 Å². The first kappa shape index (κ1) is 17.8. The van der Waals surface area contributed by atoms with Crippen LogP contribution < -0.4 is 0 Å². The highest BCUT2D eigenvalue weighted by atomic mass is 16.3. The SMILES string of the molecule is CC1(C)CC(=O)C2=C(CC(Cc3nc4ccccc4o3)=NC23CCCCC3)C1. The van der Waals surface area contributed by atoms with Gasteiger partial charge in [0.2, 0.25) is 5.89 Å². The minimum atomic E-state index is -0.277. The van der Waals surface area contributed by atoms with Crippen LogP contribution in [-0.2, 0) is 11.2 Å². The second kappa shape index (κ2) is 6.40. The third kappa shape index (κ3) is 3.03. The maximum Gasteiger partial charge on any atom is 0.201 e. The predicted octanol–water partition coefficient (Wildman–Crippen LogP) is 5.60. The van der Waals surface area contributed by atoms with Crippen LogP contribution in [0.5, 0.6) is 0 Å². The van der Waals surface area contributed by atoms with Crippen LogP contribution in [0.25, 0.3) is 11.1 Å². The van der Waals surface area contributed by atoms with Crippen LogP contribution in [0.4, 0.5) is 0 Å². The minimum Gasteiger partial charge on any atom is -0.440 e. The smallest absolute Gasteiger partial charge is 0.201 e. The number of rotatable bonds is 2. The highest BCUT2D eigenvalue weighted by Crippen LogP contribution is 2.49. The van der Waals surface area contributed by atoms with Crippen molar-refractivity contribution in [3.05, 3.63) is 41.3 Å². The van der Waals surface area contributed by atoms with Gasteiger partial charge in [-0.2, -0.15) is 0 Å². The quantitative estimate of drug-likeness (QED) is 0.685. The van der Waals surface area contributed by atoms with E-state index in [4.69, 9.17) is 9.41 Å². The van der Waals surface area contributed by atoms with E-state index in [1.165, 1.54) is 12.0 Å². The van der Waals surface area contributed by atoms with Gasteiger partial charge >= 0.3 is 0 Å². The molecule has 5 rings (SSSR count). The maximum atomic E-state index is 13.1. The van der Waals surface area contributed by atoms with Gasteiger partial charge in [-0.1, -0.05) is 50.8 Å². The Morgan fingerprint density at radius 2 is 1.86 bits per heavy atom. The number of hydrogen-bond donors (Lipinski definition) is 0.